The summed E-state index contributed by atoms with van der Waals surface area (Å²) in [6.45, 7) is 3.74. The molecule has 0 saturated heterocycles. The lowest BCUT2D eigenvalue weighted by atomic mass is 10.2. The number of benzene rings is 2. The van der Waals surface area contributed by atoms with Crippen LogP contribution in [-0.2, 0) is 18.9 Å². The average molecular weight is 480 g/mol. The lowest BCUT2D eigenvalue weighted by Crippen LogP contribution is -2.17. The molecular formula is C21H22NO6PS2. The van der Waals surface area contributed by atoms with E-state index >= 15 is 0 Å². The number of carbonyl (C=O) groups is 1. The maximum absolute atomic E-state index is 13.6. The summed E-state index contributed by atoms with van der Waals surface area (Å²) in [7, 11) is -5.62. The summed E-state index contributed by atoms with van der Waals surface area (Å²) in [6.07, 6.45) is 1.12. The van der Waals surface area contributed by atoms with Gasteiger partial charge in [-0.25, -0.2) is 13.2 Å². The molecule has 0 radical (unpaired) electrons. The van der Waals surface area contributed by atoms with Crippen molar-refractivity contribution in [2.75, 3.05) is 18.5 Å². The zero-order chi connectivity index (χ0) is 23.0. The van der Waals surface area contributed by atoms with Crippen molar-refractivity contribution in [3.8, 4) is 10.4 Å². The highest BCUT2D eigenvalue weighted by molar-refractivity contribution is 7.90. The van der Waals surface area contributed by atoms with Gasteiger partial charge in [-0.05, 0) is 49.2 Å². The predicted molar refractivity (Wildman–Crippen MR) is 124 cm³/mol. The monoisotopic (exact) mass is 479 g/mol. The molecule has 1 atom stereocenters. The highest BCUT2D eigenvalue weighted by Gasteiger charge is 2.30. The van der Waals surface area contributed by atoms with Gasteiger partial charge in [0.05, 0.1) is 15.9 Å². The quantitative estimate of drug-likeness (QED) is 0.472. The molecule has 10 heteroatoms. The van der Waals surface area contributed by atoms with Gasteiger partial charge >= 0.3 is 13.5 Å². The number of rotatable bonds is 7. The Kier molecular flexibility index (Phi) is 6.43. The number of aromatic carboxylic acids is 1. The third kappa shape index (κ3) is 4.91. The summed E-state index contributed by atoms with van der Waals surface area (Å²) >= 11 is 0.999. The van der Waals surface area contributed by atoms with Gasteiger partial charge in [0.1, 0.15) is 4.88 Å². The molecule has 0 amide bonds. The number of sulfone groups is 1. The molecule has 7 nitrogen and oxygen atoms in total. The van der Waals surface area contributed by atoms with Gasteiger partial charge in [-0.2, -0.15) is 0 Å². The fraction of sp³-hybridized carbons (Fsp3) is 0.190. The second kappa shape index (κ2) is 8.59. The summed E-state index contributed by atoms with van der Waals surface area (Å²) in [5, 5.41) is 13.0. The molecular weight excluding hydrogens is 457 g/mol. The van der Waals surface area contributed by atoms with E-state index in [1.807, 2.05) is 26.0 Å². The van der Waals surface area contributed by atoms with Gasteiger partial charge in [0.15, 0.2) is 9.84 Å². The van der Waals surface area contributed by atoms with Crippen molar-refractivity contribution in [3.05, 3.63) is 64.5 Å². The van der Waals surface area contributed by atoms with Crippen molar-refractivity contribution in [3.63, 3.8) is 0 Å². The third-order valence-corrected chi connectivity index (χ3v) is 9.17. The summed E-state index contributed by atoms with van der Waals surface area (Å²) < 4.78 is 42.3. The van der Waals surface area contributed by atoms with Crippen molar-refractivity contribution in [1.82, 2.24) is 0 Å². The Hall–Kier alpha value is -2.45. The van der Waals surface area contributed by atoms with Crippen LogP contribution in [0.15, 0.2) is 53.4 Å². The minimum absolute atomic E-state index is 0.0239. The second-order valence-electron chi connectivity index (χ2n) is 7.09. The standard InChI is InChI=1S/C21H22NO6PS2/c1-13-5-10-18(14(2)11-13)29(25,28-3)22-17-12-19(30-20(17)21(23)24)15-6-8-16(9-7-15)31(4,26)27/h5-12H,1-4H3,(H,22,25)(H,23,24). The maximum atomic E-state index is 13.6. The Morgan fingerprint density at radius 1 is 1.10 bits per heavy atom. The van der Waals surface area contributed by atoms with Gasteiger partial charge in [-0.15, -0.1) is 11.3 Å². The smallest absolute Gasteiger partial charge is 0.348 e. The molecule has 2 aromatic carbocycles. The molecule has 2 N–H and O–H groups in total. The van der Waals surface area contributed by atoms with Crippen LogP contribution in [0.1, 0.15) is 20.8 Å². The van der Waals surface area contributed by atoms with E-state index in [0.29, 0.717) is 15.7 Å². The zero-order valence-electron chi connectivity index (χ0n) is 17.4. The first-order valence-electron chi connectivity index (χ1n) is 9.14. The molecule has 31 heavy (non-hydrogen) atoms. The predicted octanol–water partition coefficient (Wildman–Crippen LogP) is 4.71. The molecule has 0 saturated carbocycles. The number of anilines is 1. The Morgan fingerprint density at radius 3 is 2.26 bits per heavy atom. The number of carboxylic acid groups (broad SMARTS) is 1. The molecule has 0 aliphatic carbocycles. The molecule has 3 rings (SSSR count). The van der Waals surface area contributed by atoms with Crippen LogP contribution in [0.2, 0.25) is 0 Å². The topological polar surface area (TPSA) is 110 Å². The first-order chi connectivity index (χ1) is 14.4. The van der Waals surface area contributed by atoms with Crippen LogP contribution in [0.25, 0.3) is 10.4 Å². The van der Waals surface area contributed by atoms with Crippen LogP contribution in [0, 0.1) is 13.8 Å². The van der Waals surface area contributed by atoms with Crippen LogP contribution in [0.5, 0.6) is 0 Å². The first-order valence-corrected chi connectivity index (χ1v) is 13.5. The van der Waals surface area contributed by atoms with E-state index in [0.717, 1.165) is 28.7 Å². The Morgan fingerprint density at radius 2 is 1.74 bits per heavy atom. The molecule has 1 aromatic heterocycles. The summed E-state index contributed by atoms with van der Waals surface area (Å²) in [5.74, 6) is -1.17. The summed E-state index contributed by atoms with van der Waals surface area (Å²) in [4.78, 5) is 12.6. The molecule has 0 spiro atoms. The largest absolute Gasteiger partial charge is 0.477 e. The van der Waals surface area contributed by atoms with Crippen LogP contribution < -0.4 is 10.4 Å². The number of aryl methyl sites for hydroxylation is 2. The van der Waals surface area contributed by atoms with Gasteiger partial charge in [0, 0.05) is 18.2 Å². The number of hydrogen-bond acceptors (Lipinski definition) is 6. The van der Waals surface area contributed by atoms with Gasteiger partial charge in [-0.1, -0.05) is 29.8 Å². The Labute approximate surface area is 185 Å². The second-order valence-corrected chi connectivity index (χ2v) is 12.3. The minimum atomic E-state index is -3.59. The van der Waals surface area contributed by atoms with Crippen LogP contribution in [-0.4, -0.2) is 32.9 Å². The van der Waals surface area contributed by atoms with Crippen molar-refractivity contribution in [2.45, 2.75) is 18.7 Å². The van der Waals surface area contributed by atoms with E-state index in [-0.39, 0.29) is 15.5 Å². The number of thiophene rings is 1. The van der Waals surface area contributed by atoms with Gasteiger partial charge in [0.2, 0.25) is 0 Å². The molecule has 0 aliphatic heterocycles. The van der Waals surface area contributed by atoms with E-state index in [9.17, 15) is 22.9 Å². The fourth-order valence-electron chi connectivity index (χ4n) is 3.14. The highest BCUT2D eigenvalue weighted by atomic mass is 32.2. The van der Waals surface area contributed by atoms with Crippen molar-refractivity contribution < 1.29 is 27.4 Å². The fourth-order valence-corrected chi connectivity index (χ4v) is 6.51. The van der Waals surface area contributed by atoms with Crippen LogP contribution >= 0.6 is 18.9 Å². The van der Waals surface area contributed by atoms with Gasteiger partial charge < -0.3 is 14.7 Å². The summed E-state index contributed by atoms with van der Waals surface area (Å²) in [5.41, 5.74) is 2.59. The highest BCUT2D eigenvalue weighted by Crippen LogP contribution is 2.48. The molecule has 164 valence electrons. The van der Waals surface area contributed by atoms with Gasteiger partial charge in [0.25, 0.3) is 0 Å². The lowest BCUT2D eigenvalue weighted by Gasteiger charge is -2.20. The third-order valence-electron chi connectivity index (χ3n) is 4.69. The van der Waals surface area contributed by atoms with E-state index < -0.39 is 23.3 Å². The van der Waals surface area contributed by atoms with Crippen molar-refractivity contribution in [2.24, 2.45) is 0 Å². The molecule has 1 unspecified atom stereocenters. The molecule has 0 bridgehead atoms. The van der Waals surface area contributed by atoms with Crippen LogP contribution in [0.4, 0.5) is 5.69 Å². The molecule has 3 aromatic rings. The number of nitrogens with one attached hydrogen (secondary N) is 1. The summed E-state index contributed by atoms with van der Waals surface area (Å²) in [6, 6.07) is 13.1. The van der Waals surface area contributed by atoms with E-state index in [1.165, 1.54) is 19.2 Å². The molecule has 0 fully saturated rings. The van der Waals surface area contributed by atoms with E-state index in [1.54, 1.807) is 24.3 Å². The normalized spacial score (nSPS) is 13.5. The SMILES string of the molecule is COP(=O)(Nc1cc(-c2ccc(S(C)(=O)=O)cc2)sc1C(=O)O)c1ccc(C)cc1C. The Balaban J connectivity index is 2.04. The van der Waals surface area contributed by atoms with E-state index in [4.69, 9.17) is 4.52 Å². The number of hydrogen-bond donors (Lipinski definition) is 2. The van der Waals surface area contributed by atoms with E-state index in [2.05, 4.69) is 5.09 Å². The maximum Gasteiger partial charge on any atom is 0.348 e. The lowest BCUT2D eigenvalue weighted by molar-refractivity contribution is 0.0703. The minimum Gasteiger partial charge on any atom is -0.477 e. The Bertz CT molecular complexity index is 1300. The molecule has 0 aliphatic rings. The molecule has 1 heterocycles. The van der Waals surface area contributed by atoms with Gasteiger partial charge in [-0.3, -0.25) is 4.57 Å². The zero-order valence-corrected chi connectivity index (χ0v) is 19.9. The van der Waals surface area contributed by atoms with Crippen molar-refractivity contribution in [1.29, 1.82) is 0 Å². The van der Waals surface area contributed by atoms with Crippen molar-refractivity contribution >= 4 is 45.7 Å². The van der Waals surface area contributed by atoms with Crippen LogP contribution in [0.3, 0.4) is 0 Å². The number of carboxylic acids is 1. The first kappa shape index (κ1) is 23.2. The average Bonchev–Trinajstić information content (AvgIpc) is 3.11.